The lowest BCUT2D eigenvalue weighted by atomic mass is 9.73. The van der Waals surface area contributed by atoms with Crippen LogP contribution in [0.3, 0.4) is 0 Å². The van der Waals surface area contributed by atoms with Crippen LogP contribution in [0.1, 0.15) is 37.7 Å². The number of guanidine groups is 1. The number of hydrogen-bond donors (Lipinski definition) is 3. The molecular formula is C22H27N5O2. The number of aliphatic hydroxyl groups is 1. The number of hydrogen-bond acceptors (Lipinski definition) is 4. The number of nitrogens with zero attached hydrogens (tertiary/aromatic N) is 3. The van der Waals surface area contributed by atoms with Gasteiger partial charge in [-0.05, 0) is 18.4 Å². The van der Waals surface area contributed by atoms with Crippen molar-refractivity contribution in [1.82, 2.24) is 15.5 Å². The highest BCUT2D eigenvalue weighted by molar-refractivity contribution is 5.87. The van der Waals surface area contributed by atoms with E-state index in [-0.39, 0.29) is 18.4 Å². The molecule has 1 aromatic rings. The monoisotopic (exact) mass is 393 g/mol. The van der Waals surface area contributed by atoms with E-state index >= 15 is 0 Å². The molecule has 1 unspecified atom stereocenters. The van der Waals surface area contributed by atoms with Crippen LogP contribution in [0.4, 0.5) is 0 Å². The van der Waals surface area contributed by atoms with E-state index in [4.69, 9.17) is 5.26 Å². The molecule has 2 aliphatic rings. The maximum atomic E-state index is 13.0. The van der Waals surface area contributed by atoms with Gasteiger partial charge in [-0.15, -0.1) is 4.99 Å². The van der Waals surface area contributed by atoms with Gasteiger partial charge in [-0.2, -0.15) is 5.26 Å². The van der Waals surface area contributed by atoms with Gasteiger partial charge in [0.05, 0.1) is 13.1 Å². The summed E-state index contributed by atoms with van der Waals surface area (Å²) >= 11 is 0. The highest BCUT2D eigenvalue weighted by Crippen LogP contribution is 2.39. The third-order valence-corrected chi connectivity index (χ3v) is 5.61. The molecule has 1 saturated carbocycles. The molecule has 3 N–H and O–H groups in total. The van der Waals surface area contributed by atoms with E-state index in [1.54, 1.807) is 6.19 Å². The van der Waals surface area contributed by atoms with Crippen LogP contribution in [0.5, 0.6) is 0 Å². The minimum atomic E-state index is -1.53. The first-order valence-corrected chi connectivity index (χ1v) is 10.1. The first-order chi connectivity index (χ1) is 14.2. The lowest BCUT2D eigenvalue weighted by Gasteiger charge is -2.37. The highest BCUT2D eigenvalue weighted by Gasteiger charge is 2.45. The minimum Gasteiger partial charge on any atom is -0.375 e. The van der Waals surface area contributed by atoms with E-state index < -0.39 is 5.60 Å². The third-order valence-electron chi connectivity index (χ3n) is 5.61. The Labute approximate surface area is 171 Å². The largest absolute Gasteiger partial charge is 0.375 e. The smallest absolute Gasteiger partial charge is 0.257 e. The predicted molar refractivity (Wildman–Crippen MR) is 110 cm³/mol. The summed E-state index contributed by atoms with van der Waals surface area (Å²) in [6.07, 6.45) is 6.66. The molecule has 0 bridgehead atoms. The van der Waals surface area contributed by atoms with Crippen molar-refractivity contribution < 1.29 is 9.90 Å². The Morgan fingerprint density at radius 2 is 2.03 bits per heavy atom. The predicted octanol–water partition coefficient (Wildman–Crippen LogP) is 1.32. The topological polar surface area (TPSA) is 101 Å². The molecule has 0 aromatic heterocycles. The van der Waals surface area contributed by atoms with Crippen LogP contribution in [0, 0.1) is 29.2 Å². The Balaban J connectivity index is 1.62. The van der Waals surface area contributed by atoms with Crippen LogP contribution in [0.15, 0.2) is 35.3 Å². The number of carbonyl (C=O) groups excluding carboxylic acids is 1. The van der Waals surface area contributed by atoms with E-state index in [2.05, 4.69) is 27.5 Å². The highest BCUT2D eigenvalue weighted by atomic mass is 16.3. The van der Waals surface area contributed by atoms with Crippen LogP contribution in [-0.4, -0.2) is 48.1 Å². The molecule has 1 atom stereocenters. The molecule has 1 aliphatic heterocycles. The van der Waals surface area contributed by atoms with Crippen molar-refractivity contribution in [3.63, 3.8) is 0 Å². The van der Waals surface area contributed by atoms with Crippen molar-refractivity contribution in [2.24, 2.45) is 10.9 Å². The van der Waals surface area contributed by atoms with Crippen molar-refractivity contribution in [2.45, 2.75) is 37.7 Å². The quantitative estimate of drug-likeness (QED) is 0.517. The van der Waals surface area contributed by atoms with Gasteiger partial charge in [0.2, 0.25) is 12.2 Å². The maximum Gasteiger partial charge on any atom is 0.257 e. The van der Waals surface area contributed by atoms with Gasteiger partial charge in [-0.3, -0.25) is 4.79 Å². The maximum absolute atomic E-state index is 13.0. The number of rotatable bonds is 5. The number of carbonyl (C=O) groups is 1. The zero-order valence-corrected chi connectivity index (χ0v) is 16.5. The van der Waals surface area contributed by atoms with Crippen molar-refractivity contribution in [2.75, 3.05) is 26.2 Å². The molecule has 1 heterocycles. The van der Waals surface area contributed by atoms with Gasteiger partial charge in [0.25, 0.3) is 5.91 Å². The summed E-state index contributed by atoms with van der Waals surface area (Å²) in [6.45, 7) is 2.04. The van der Waals surface area contributed by atoms with E-state index in [0.29, 0.717) is 18.1 Å². The third kappa shape index (κ3) is 4.88. The SMILES string of the molecule is N#C/N=C1\NCCN1CC#CCNC(=O)C(O)(c1ccccc1)C1CCCCC1. The van der Waals surface area contributed by atoms with Crippen LogP contribution in [0.25, 0.3) is 0 Å². The van der Waals surface area contributed by atoms with Gasteiger partial charge in [0.1, 0.15) is 0 Å². The second kappa shape index (κ2) is 9.95. The van der Waals surface area contributed by atoms with Gasteiger partial charge in [-0.25, -0.2) is 0 Å². The fraction of sp³-hybridized carbons (Fsp3) is 0.500. The summed E-state index contributed by atoms with van der Waals surface area (Å²) in [6, 6.07) is 9.21. The van der Waals surface area contributed by atoms with Crippen molar-refractivity contribution in [3.05, 3.63) is 35.9 Å². The molecule has 2 fully saturated rings. The lowest BCUT2D eigenvalue weighted by Crippen LogP contribution is -2.50. The Kier molecular flexibility index (Phi) is 7.10. The number of nitriles is 1. The molecule has 1 saturated heterocycles. The Hall–Kier alpha value is -3.03. The molecule has 1 aliphatic carbocycles. The summed E-state index contributed by atoms with van der Waals surface area (Å²) in [5.41, 5.74) is -0.896. The zero-order chi connectivity index (χ0) is 20.5. The molecule has 0 spiro atoms. The number of nitrogens with one attached hydrogen (secondary N) is 2. The Morgan fingerprint density at radius 1 is 1.28 bits per heavy atom. The first-order valence-electron chi connectivity index (χ1n) is 10.1. The van der Waals surface area contributed by atoms with Gasteiger partial charge >= 0.3 is 0 Å². The standard InChI is InChI=1S/C22H27N5O2/c23-17-26-21-25-14-16-27(21)15-8-7-13-24-20(28)22(29,18-9-3-1-4-10-18)19-11-5-2-6-12-19/h1,3-4,9-10,19,29H,2,5-6,11-16H2,(H,24,28)(H,25,26). The molecule has 7 nitrogen and oxygen atoms in total. The van der Waals surface area contributed by atoms with Crippen molar-refractivity contribution in [3.8, 4) is 18.0 Å². The molecule has 1 aromatic carbocycles. The van der Waals surface area contributed by atoms with Gasteiger partial charge < -0.3 is 20.6 Å². The molecule has 29 heavy (non-hydrogen) atoms. The number of benzene rings is 1. The van der Waals surface area contributed by atoms with Crippen LogP contribution in [-0.2, 0) is 10.4 Å². The fourth-order valence-corrected chi connectivity index (χ4v) is 4.07. The summed E-state index contributed by atoms with van der Waals surface area (Å²) in [5.74, 6) is 5.97. The fourth-order valence-electron chi connectivity index (χ4n) is 4.07. The minimum absolute atomic E-state index is 0.0907. The molecule has 7 heteroatoms. The molecule has 152 valence electrons. The zero-order valence-electron chi connectivity index (χ0n) is 16.5. The van der Waals surface area contributed by atoms with E-state index in [9.17, 15) is 9.90 Å². The van der Waals surface area contributed by atoms with E-state index in [1.807, 2.05) is 35.2 Å². The van der Waals surface area contributed by atoms with Crippen LogP contribution in [0.2, 0.25) is 0 Å². The molecule has 3 rings (SSSR count). The second-order valence-electron chi connectivity index (χ2n) is 7.39. The lowest BCUT2D eigenvalue weighted by molar-refractivity contribution is -0.149. The Bertz CT molecular complexity index is 830. The van der Waals surface area contributed by atoms with Crippen LogP contribution >= 0.6 is 0 Å². The number of aliphatic imine (C=N–C) groups is 1. The summed E-state index contributed by atoms with van der Waals surface area (Å²) < 4.78 is 0. The summed E-state index contributed by atoms with van der Waals surface area (Å²) in [4.78, 5) is 18.6. The van der Waals surface area contributed by atoms with Gasteiger partial charge in [0.15, 0.2) is 5.60 Å². The van der Waals surface area contributed by atoms with Crippen LogP contribution < -0.4 is 10.6 Å². The first kappa shape index (κ1) is 20.7. The molecule has 1 amide bonds. The Morgan fingerprint density at radius 3 is 2.76 bits per heavy atom. The van der Waals surface area contributed by atoms with Gasteiger partial charge in [0, 0.05) is 19.0 Å². The molecule has 0 radical (unpaired) electrons. The normalized spacial score (nSPS) is 20.1. The van der Waals surface area contributed by atoms with E-state index in [0.717, 1.165) is 45.2 Å². The summed E-state index contributed by atoms with van der Waals surface area (Å²) in [7, 11) is 0. The van der Waals surface area contributed by atoms with Crippen molar-refractivity contribution in [1.29, 1.82) is 5.26 Å². The average molecular weight is 393 g/mol. The average Bonchev–Trinajstić information content (AvgIpc) is 3.21. The second-order valence-corrected chi connectivity index (χ2v) is 7.39. The molecular weight excluding hydrogens is 366 g/mol. The van der Waals surface area contributed by atoms with Gasteiger partial charge in [-0.1, -0.05) is 61.4 Å². The van der Waals surface area contributed by atoms with Crippen molar-refractivity contribution >= 4 is 11.9 Å². The number of amides is 1. The summed E-state index contributed by atoms with van der Waals surface area (Å²) in [5, 5.41) is 26.0. The van der Waals surface area contributed by atoms with E-state index in [1.165, 1.54) is 0 Å².